The van der Waals surface area contributed by atoms with Crippen LogP contribution < -0.4 is 0 Å². The van der Waals surface area contributed by atoms with Gasteiger partial charge >= 0.3 is 0 Å². The molecule has 0 spiro atoms. The summed E-state index contributed by atoms with van der Waals surface area (Å²) in [5.41, 5.74) is 22.8. The molecule has 0 saturated heterocycles. The average molecular weight is 872 g/mol. The lowest BCUT2D eigenvalue weighted by molar-refractivity contribution is 0.282. The minimum Gasteiger partial charge on any atom is -0.308 e. The van der Waals surface area contributed by atoms with Crippen molar-refractivity contribution >= 4 is 38.1 Å². The zero-order valence-electron chi connectivity index (χ0n) is 39.8. The number of aromatic nitrogens is 1. The molecule has 2 heterocycles. The third kappa shape index (κ3) is 3.62. The maximum absolute atomic E-state index is 11.7. The van der Waals surface area contributed by atoms with Crippen LogP contribution in [0.1, 0.15) is 144 Å². The van der Waals surface area contributed by atoms with Crippen LogP contribution in [0.3, 0.4) is 0 Å². The first-order valence-electron chi connectivity index (χ1n) is 24.6. The molecule has 0 atom stereocenters. The molecule has 10 aromatic rings. The van der Waals surface area contributed by atoms with E-state index >= 15 is 0 Å². The standard InChI is InChI=1S/C65H49N3/c1-34(2)65(35(3)4)41-20-10-9-19-38(41)39-31-40-52-50(29-36(32-66)55-58(52)63(7)46-25-15-11-21-42(46)61(55,5)43-22-12-16-26-47(43)63)68-51-30-37(33-67)56-59(53(51)54(57(39)65)60(40)68)64(8)48-27-17-13-23-44(48)62(56,6)45-24-14-18-28-49(45)64/h9-31,34-35H,1-8H3. The van der Waals surface area contributed by atoms with E-state index in [4.69, 9.17) is 0 Å². The molecular formula is C65H49N3. The van der Waals surface area contributed by atoms with Crippen LogP contribution in [-0.2, 0) is 27.1 Å². The van der Waals surface area contributed by atoms with Gasteiger partial charge in [-0.15, -0.1) is 0 Å². The van der Waals surface area contributed by atoms with Crippen LogP contribution in [-0.4, -0.2) is 4.40 Å². The molecule has 0 N–H and O–H groups in total. The molecule has 4 bridgehead atoms. The van der Waals surface area contributed by atoms with Gasteiger partial charge in [0.15, 0.2) is 0 Å². The first-order valence-corrected chi connectivity index (χ1v) is 24.6. The summed E-state index contributed by atoms with van der Waals surface area (Å²) in [7, 11) is 0. The number of nitriles is 2. The van der Waals surface area contributed by atoms with Gasteiger partial charge in [-0.1, -0.05) is 149 Å². The summed E-state index contributed by atoms with van der Waals surface area (Å²) in [5, 5.41) is 28.3. The van der Waals surface area contributed by atoms with Crippen molar-refractivity contribution in [2.24, 2.45) is 11.8 Å². The Morgan fingerprint density at radius 1 is 0.397 bits per heavy atom. The summed E-state index contributed by atoms with van der Waals surface area (Å²) in [6.07, 6.45) is 0. The molecule has 0 amide bonds. The predicted molar refractivity (Wildman–Crippen MR) is 274 cm³/mol. The van der Waals surface area contributed by atoms with E-state index in [2.05, 4.69) is 211 Å². The van der Waals surface area contributed by atoms with Crippen molar-refractivity contribution in [3.05, 3.63) is 229 Å². The van der Waals surface area contributed by atoms with Crippen LogP contribution in [0.4, 0.5) is 0 Å². The molecule has 3 heteroatoms. The Kier molecular flexibility index (Phi) is 6.70. The van der Waals surface area contributed by atoms with Crippen molar-refractivity contribution in [3.8, 4) is 23.3 Å². The molecule has 0 unspecified atom stereocenters. The number of rotatable bonds is 2. The van der Waals surface area contributed by atoms with Crippen LogP contribution in [0, 0.1) is 34.5 Å². The molecule has 17 rings (SSSR count). The first-order chi connectivity index (χ1) is 32.9. The van der Waals surface area contributed by atoms with Gasteiger partial charge in [-0.25, -0.2) is 0 Å². The highest BCUT2D eigenvalue weighted by atomic mass is 14.9. The SMILES string of the molecule is CC(C)C1(C(C)C)c2ccccc2-c2cc3c4c5c(c(C#N)cc4n4c6cc(C#N)c7c(c6c(c21)c34)C1(C)c2ccccc2C7(C)c2ccccc21)C1(C)c2ccccc2C5(C)c2ccccc21. The Balaban J connectivity index is 1.25. The Hall–Kier alpha value is -7.46. The molecule has 0 aliphatic heterocycles. The predicted octanol–water partition coefficient (Wildman–Crippen LogP) is 14.8. The Labute approximate surface area is 397 Å². The second-order valence-corrected chi connectivity index (χ2v) is 22.2. The second kappa shape index (κ2) is 11.8. The fraction of sp³-hybridized carbons (Fsp3) is 0.231. The lowest BCUT2D eigenvalue weighted by atomic mass is 9.47. The molecule has 0 saturated carbocycles. The lowest BCUT2D eigenvalue weighted by Crippen LogP contribution is -2.48. The highest BCUT2D eigenvalue weighted by Crippen LogP contribution is 2.69. The molecule has 7 aliphatic rings. The second-order valence-electron chi connectivity index (χ2n) is 22.2. The number of benzene rings is 8. The Morgan fingerprint density at radius 2 is 0.750 bits per heavy atom. The van der Waals surface area contributed by atoms with Gasteiger partial charge in [-0.3, -0.25) is 0 Å². The highest BCUT2D eigenvalue weighted by Gasteiger charge is 2.60. The quantitative estimate of drug-likeness (QED) is 0.174. The number of nitrogens with zero attached hydrogens (tertiary/aromatic N) is 3. The largest absolute Gasteiger partial charge is 0.308 e. The van der Waals surface area contributed by atoms with Crippen LogP contribution in [0.5, 0.6) is 0 Å². The van der Waals surface area contributed by atoms with Gasteiger partial charge in [-0.2, -0.15) is 10.5 Å². The zero-order valence-corrected chi connectivity index (χ0v) is 39.8. The minimum absolute atomic E-state index is 0.265. The molecule has 68 heavy (non-hydrogen) atoms. The van der Waals surface area contributed by atoms with Crippen molar-refractivity contribution in [2.45, 2.75) is 82.5 Å². The summed E-state index contributed by atoms with van der Waals surface area (Å²) >= 11 is 0. The van der Waals surface area contributed by atoms with Crippen LogP contribution in [0.25, 0.3) is 49.2 Å². The zero-order chi connectivity index (χ0) is 46.3. The number of hydrogen-bond donors (Lipinski definition) is 0. The molecule has 0 radical (unpaired) electrons. The molecule has 7 aliphatic carbocycles. The highest BCUT2D eigenvalue weighted by molar-refractivity contribution is 6.29. The molecule has 3 nitrogen and oxygen atoms in total. The monoisotopic (exact) mass is 871 g/mol. The van der Waals surface area contributed by atoms with Crippen LogP contribution >= 0.6 is 0 Å². The van der Waals surface area contributed by atoms with Crippen molar-refractivity contribution in [1.82, 2.24) is 4.40 Å². The van der Waals surface area contributed by atoms with Gasteiger partial charge in [0.25, 0.3) is 0 Å². The molecular weight excluding hydrogens is 823 g/mol. The van der Waals surface area contributed by atoms with E-state index in [0.29, 0.717) is 0 Å². The summed E-state index contributed by atoms with van der Waals surface area (Å²) in [4.78, 5) is 0. The van der Waals surface area contributed by atoms with Crippen LogP contribution in [0.2, 0.25) is 0 Å². The van der Waals surface area contributed by atoms with Crippen molar-refractivity contribution in [1.29, 1.82) is 10.5 Å². The maximum Gasteiger partial charge on any atom is 0.0995 e. The third-order valence-corrected chi connectivity index (χ3v) is 19.3. The van der Waals surface area contributed by atoms with Crippen LogP contribution in [0.15, 0.2) is 140 Å². The normalized spacial score (nSPS) is 23.6. The van der Waals surface area contributed by atoms with Gasteiger partial charge in [0.05, 0.1) is 39.8 Å². The summed E-state index contributed by atoms with van der Waals surface area (Å²) in [5.74, 6) is 0.530. The van der Waals surface area contributed by atoms with E-state index in [0.717, 1.165) is 33.3 Å². The van der Waals surface area contributed by atoms with Gasteiger partial charge < -0.3 is 4.40 Å². The lowest BCUT2D eigenvalue weighted by Gasteiger charge is -2.55. The van der Waals surface area contributed by atoms with E-state index in [9.17, 15) is 10.5 Å². The minimum atomic E-state index is -0.568. The van der Waals surface area contributed by atoms with Crippen molar-refractivity contribution in [3.63, 3.8) is 0 Å². The van der Waals surface area contributed by atoms with E-state index < -0.39 is 21.7 Å². The Morgan fingerprint density at radius 3 is 1.15 bits per heavy atom. The number of fused-ring (bicyclic) bond motifs is 10. The van der Waals surface area contributed by atoms with Crippen molar-refractivity contribution < 1.29 is 0 Å². The topological polar surface area (TPSA) is 52.0 Å². The summed E-state index contributed by atoms with van der Waals surface area (Å²) in [6.45, 7) is 19.3. The Bertz CT molecular complexity index is 4030. The van der Waals surface area contributed by atoms with Gasteiger partial charge in [0.1, 0.15) is 0 Å². The molecule has 0 fully saturated rings. The first kappa shape index (κ1) is 38.6. The fourth-order valence-electron chi connectivity index (χ4n) is 16.9. The van der Waals surface area contributed by atoms with Crippen molar-refractivity contribution in [2.75, 3.05) is 0 Å². The smallest absolute Gasteiger partial charge is 0.0995 e. The van der Waals surface area contributed by atoms with E-state index in [1.54, 1.807) is 0 Å². The fourth-order valence-corrected chi connectivity index (χ4v) is 16.9. The maximum atomic E-state index is 11.7. The summed E-state index contributed by atoms with van der Waals surface area (Å²) in [6, 6.07) is 58.1. The molecule has 324 valence electrons. The van der Waals surface area contributed by atoms with Gasteiger partial charge in [0.2, 0.25) is 0 Å². The number of hydrogen-bond acceptors (Lipinski definition) is 2. The molecule has 2 aromatic heterocycles. The molecule has 8 aromatic carbocycles. The summed E-state index contributed by atoms with van der Waals surface area (Å²) < 4.78 is 2.53. The third-order valence-electron chi connectivity index (χ3n) is 19.3. The average Bonchev–Trinajstić information content (AvgIpc) is 3.99. The van der Waals surface area contributed by atoms with E-state index in [-0.39, 0.29) is 17.3 Å². The van der Waals surface area contributed by atoms with E-state index in [1.165, 1.54) is 105 Å². The van der Waals surface area contributed by atoms with Gasteiger partial charge in [-0.05, 0) is 147 Å². The van der Waals surface area contributed by atoms with Gasteiger partial charge in [0, 0.05) is 48.6 Å². The van der Waals surface area contributed by atoms with E-state index in [1.807, 2.05) is 0 Å².